The van der Waals surface area contributed by atoms with Crippen molar-refractivity contribution in [3.63, 3.8) is 0 Å². The summed E-state index contributed by atoms with van der Waals surface area (Å²) in [5, 5.41) is 2.78. The highest BCUT2D eigenvalue weighted by Crippen LogP contribution is 2.42. The molecule has 0 aliphatic heterocycles. The van der Waals surface area contributed by atoms with Gasteiger partial charge in [0.1, 0.15) is 0 Å². The molecule has 0 aromatic heterocycles. The molecule has 2 rings (SSSR count). The summed E-state index contributed by atoms with van der Waals surface area (Å²) in [6, 6.07) is 7.59. The van der Waals surface area contributed by atoms with Gasteiger partial charge in [0.15, 0.2) is 0 Å². The molecule has 2 aromatic rings. The Labute approximate surface area is 149 Å². The molecule has 0 radical (unpaired) electrons. The van der Waals surface area contributed by atoms with E-state index in [0.717, 1.165) is 33.8 Å². The van der Waals surface area contributed by atoms with Crippen LogP contribution in [0.3, 0.4) is 0 Å². The maximum absolute atomic E-state index is 6.45. The molecule has 0 N–H and O–H groups in total. The van der Waals surface area contributed by atoms with Gasteiger partial charge < -0.3 is 0 Å². The molecule has 0 fully saturated rings. The summed E-state index contributed by atoms with van der Waals surface area (Å²) in [4.78, 5) is 1.90. The van der Waals surface area contributed by atoms with E-state index in [9.17, 15) is 0 Å². The van der Waals surface area contributed by atoms with Crippen LogP contribution in [0.4, 0.5) is 0 Å². The predicted octanol–water partition coefficient (Wildman–Crippen LogP) is 7.58. The highest BCUT2D eigenvalue weighted by Gasteiger charge is 2.14. The quantitative estimate of drug-likeness (QED) is 0.527. The number of halogens is 4. The molecule has 0 saturated heterocycles. The Balaban J connectivity index is 2.44. The van der Waals surface area contributed by atoms with Crippen molar-refractivity contribution in [2.45, 2.75) is 36.5 Å². The second-order valence-electron chi connectivity index (χ2n) is 4.49. The molecule has 0 bridgehead atoms. The van der Waals surface area contributed by atoms with Gasteiger partial charge in [-0.15, -0.1) is 0 Å². The molecule has 0 nitrogen and oxygen atoms in total. The molecule has 0 atom stereocenters. The van der Waals surface area contributed by atoms with Crippen LogP contribution in [0, 0.1) is 0 Å². The maximum Gasteiger partial charge on any atom is 0.0592 e. The zero-order chi connectivity index (χ0) is 15.6. The van der Waals surface area contributed by atoms with Crippen LogP contribution >= 0.6 is 58.2 Å². The first-order valence-corrected chi connectivity index (χ1v) is 8.94. The van der Waals surface area contributed by atoms with Crippen LogP contribution in [0.25, 0.3) is 0 Å². The Morgan fingerprint density at radius 1 is 0.714 bits per heavy atom. The molecule has 0 amide bonds. The predicted molar refractivity (Wildman–Crippen MR) is 95.8 cm³/mol. The van der Waals surface area contributed by atoms with Crippen molar-refractivity contribution in [2.24, 2.45) is 0 Å². The molecule has 0 aliphatic rings. The van der Waals surface area contributed by atoms with Crippen LogP contribution in [0.2, 0.25) is 20.1 Å². The Kier molecular flexibility index (Phi) is 6.16. The molecule has 112 valence electrons. The first kappa shape index (κ1) is 17.3. The van der Waals surface area contributed by atoms with E-state index in [4.69, 9.17) is 46.4 Å². The van der Waals surface area contributed by atoms with Gasteiger partial charge in [-0.3, -0.25) is 0 Å². The van der Waals surface area contributed by atoms with Gasteiger partial charge in [0.2, 0.25) is 0 Å². The number of hydrogen-bond donors (Lipinski definition) is 0. The summed E-state index contributed by atoms with van der Waals surface area (Å²) in [5.41, 5.74) is 1.92. The molecule has 21 heavy (non-hydrogen) atoms. The van der Waals surface area contributed by atoms with Gasteiger partial charge in [0.25, 0.3) is 0 Å². The van der Waals surface area contributed by atoms with Crippen LogP contribution in [-0.2, 0) is 12.8 Å². The number of benzene rings is 2. The van der Waals surface area contributed by atoms with Gasteiger partial charge >= 0.3 is 0 Å². The second kappa shape index (κ2) is 7.48. The molecule has 5 heteroatoms. The van der Waals surface area contributed by atoms with Crippen molar-refractivity contribution < 1.29 is 0 Å². The van der Waals surface area contributed by atoms with Crippen molar-refractivity contribution in [3.05, 3.63) is 55.5 Å². The van der Waals surface area contributed by atoms with Crippen molar-refractivity contribution >= 4 is 58.2 Å². The van der Waals surface area contributed by atoms with E-state index in [-0.39, 0.29) is 0 Å². The lowest BCUT2D eigenvalue weighted by atomic mass is 10.2. The summed E-state index contributed by atoms with van der Waals surface area (Å²) in [7, 11) is 0. The van der Waals surface area contributed by atoms with E-state index in [2.05, 4.69) is 0 Å². The van der Waals surface area contributed by atoms with Crippen LogP contribution < -0.4 is 0 Å². The standard InChI is InChI=1S/C16H14Cl4S/c1-3-9-11(17)5-7-13(15(9)19)21-14-8-6-12(18)10(4-2)16(14)20/h5-8H,3-4H2,1-2H3. The topological polar surface area (TPSA) is 0 Å². The van der Waals surface area contributed by atoms with Gasteiger partial charge in [-0.25, -0.2) is 0 Å². The van der Waals surface area contributed by atoms with Gasteiger partial charge in [-0.2, -0.15) is 0 Å². The Hall–Kier alpha value is -0.0500. The van der Waals surface area contributed by atoms with Gasteiger partial charge in [-0.05, 0) is 48.2 Å². The highest BCUT2D eigenvalue weighted by atomic mass is 35.5. The van der Waals surface area contributed by atoms with E-state index >= 15 is 0 Å². The second-order valence-corrected chi connectivity index (χ2v) is 7.14. The fourth-order valence-electron chi connectivity index (χ4n) is 2.08. The molecular weight excluding hydrogens is 366 g/mol. The fraction of sp³-hybridized carbons (Fsp3) is 0.250. The van der Waals surface area contributed by atoms with Crippen molar-refractivity contribution in [1.82, 2.24) is 0 Å². The zero-order valence-electron chi connectivity index (χ0n) is 11.6. The third-order valence-corrected chi connectivity index (χ3v) is 6.14. The molecule has 2 aromatic carbocycles. The van der Waals surface area contributed by atoms with E-state index in [1.54, 1.807) is 0 Å². The Morgan fingerprint density at radius 2 is 1.10 bits per heavy atom. The fourth-order valence-corrected chi connectivity index (χ4v) is 4.52. The molecule has 0 saturated carbocycles. The minimum absolute atomic E-state index is 0.694. The van der Waals surface area contributed by atoms with Gasteiger partial charge in [0, 0.05) is 19.8 Å². The molecule has 0 aliphatic carbocycles. The summed E-state index contributed by atoms with van der Waals surface area (Å²) >= 11 is 26.8. The minimum atomic E-state index is 0.694. The highest BCUT2D eigenvalue weighted by molar-refractivity contribution is 7.99. The third kappa shape index (κ3) is 3.65. The molecule has 0 unspecified atom stereocenters. The number of rotatable bonds is 4. The first-order chi connectivity index (χ1) is 9.99. The summed E-state index contributed by atoms with van der Waals surface area (Å²) in [6.45, 7) is 4.07. The lowest BCUT2D eigenvalue weighted by Crippen LogP contribution is -1.90. The van der Waals surface area contributed by atoms with E-state index in [1.807, 2.05) is 38.1 Å². The largest absolute Gasteiger partial charge is 0.0869 e. The maximum atomic E-state index is 6.45. The Bertz CT molecular complexity index is 610. The molecule has 0 spiro atoms. The van der Waals surface area contributed by atoms with E-state index in [0.29, 0.717) is 20.1 Å². The van der Waals surface area contributed by atoms with Crippen LogP contribution in [-0.4, -0.2) is 0 Å². The average molecular weight is 380 g/mol. The zero-order valence-corrected chi connectivity index (χ0v) is 15.5. The van der Waals surface area contributed by atoms with Crippen LogP contribution in [0.5, 0.6) is 0 Å². The van der Waals surface area contributed by atoms with Gasteiger partial charge in [0.05, 0.1) is 10.0 Å². The van der Waals surface area contributed by atoms with E-state index < -0.39 is 0 Å². The summed E-state index contributed by atoms with van der Waals surface area (Å²) in [6.07, 6.45) is 1.58. The summed E-state index contributed by atoms with van der Waals surface area (Å²) < 4.78 is 0. The SMILES string of the molecule is CCc1c(Cl)ccc(Sc2ccc(Cl)c(CC)c2Cl)c1Cl. The number of hydrogen-bond acceptors (Lipinski definition) is 1. The normalized spacial score (nSPS) is 11.0. The van der Waals surface area contributed by atoms with Crippen LogP contribution in [0.15, 0.2) is 34.1 Å². The average Bonchev–Trinajstić information content (AvgIpc) is 2.45. The van der Waals surface area contributed by atoms with Crippen molar-refractivity contribution in [3.8, 4) is 0 Å². The lowest BCUT2D eigenvalue weighted by Gasteiger charge is -2.13. The third-order valence-electron chi connectivity index (χ3n) is 3.23. The molecular formula is C16H14Cl4S. The van der Waals surface area contributed by atoms with Gasteiger partial charge in [-0.1, -0.05) is 72.0 Å². The molecule has 0 heterocycles. The van der Waals surface area contributed by atoms with E-state index in [1.165, 1.54) is 11.8 Å². The van der Waals surface area contributed by atoms with Crippen LogP contribution in [0.1, 0.15) is 25.0 Å². The first-order valence-electron chi connectivity index (χ1n) is 6.61. The summed E-state index contributed by atoms with van der Waals surface area (Å²) in [5.74, 6) is 0. The van der Waals surface area contributed by atoms with Crippen molar-refractivity contribution in [1.29, 1.82) is 0 Å². The minimum Gasteiger partial charge on any atom is -0.0869 e. The Morgan fingerprint density at radius 3 is 1.43 bits per heavy atom. The smallest absolute Gasteiger partial charge is 0.0592 e. The monoisotopic (exact) mass is 378 g/mol. The lowest BCUT2D eigenvalue weighted by molar-refractivity contribution is 1.12. The van der Waals surface area contributed by atoms with Crippen molar-refractivity contribution in [2.75, 3.05) is 0 Å².